The first-order valence-electron chi connectivity index (χ1n) is 7.14. The molecule has 2 aliphatic rings. The van der Waals surface area contributed by atoms with Crippen LogP contribution in [0.4, 0.5) is 0 Å². The number of piperidine rings is 1. The van der Waals surface area contributed by atoms with Crippen LogP contribution in [0.3, 0.4) is 0 Å². The molecule has 0 aromatic carbocycles. The van der Waals surface area contributed by atoms with Gasteiger partial charge >= 0.3 is 0 Å². The van der Waals surface area contributed by atoms with Gasteiger partial charge in [-0.2, -0.15) is 0 Å². The molecule has 2 fully saturated rings. The monoisotopic (exact) mass is 266 g/mol. The second kappa shape index (κ2) is 6.13. The summed E-state index contributed by atoms with van der Waals surface area (Å²) >= 11 is 1.86. The Labute approximate surface area is 113 Å². The average molecular weight is 266 g/mol. The van der Waals surface area contributed by atoms with E-state index in [4.69, 9.17) is 9.72 Å². The molecule has 0 saturated carbocycles. The predicted molar refractivity (Wildman–Crippen MR) is 74.2 cm³/mol. The van der Waals surface area contributed by atoms with Crippen LogP contribution in [0, 0.1) is 5.92 Å². The zero-order valence-corrected chi connectivity index (χ0v) is 11.7. The number of nitrogens with zero attached hydrogens (tertiary/aromatic N) is 1. The maximum absolute atomic E-state index is 5.42. The fourth-order valence-electron chi connectivity index (χ4n) is 2.94. The van der Waals surface area contributed by atoms with Gasteiger partial charge < -0.3 is 10.1 Å². The first kappa shape index (κ1) is 12.6. The quantitative estimate of drug-likeness (QED) is 0.913. The molecule has 1 unspecified atom stereocenters. The van der Waals surface area contributed by atoms with E-state index in [0.717, 1.165) is 38.4 Å². The van der Waals surface area contributed by atoms with Crippen LogP contribution < -0.4 is 5.32 Å². The Balaban J connectivity index is 1.58. The third-order valence-corrected chi connectivity index (χ3v) is 5.09. The van der Waals surface area contributed by atoms with E-state index in [0.29, 0.717) is 5.92 Å². The minimum absolute atomic E-state index is 0.655. The zero-order chi connectivity index (χ0) is 12.2. The van der Waals surface area contributed by atoms with Gasteiger partial charge in [-0.1, -0.05) is 0 Å². The number of hydrogen-bond donors (Lipinski definition) is 1. The lowest BCUT2D eigenvalue weighted by Gasteiger charge is -2.22. The molecule has 2 aliphatic heterocycles. The van der Waals surface area contributed by atoms with Crippen LogP contribution in [0.2, 0.25) is 0 Å². The Hall–Kier alpha value is -0.450. The van der Waals surface area contributed by atoms with Gasteiger partial charge in [0.05, 0.1) is 10.7 Å². The normalized spacial score (nSPS) is 26.3. The molecule has 100 valence electrons. The summed E-state index contributed by atoms with van der Waals surface area (Å²) in [6, 6.07) is 0. The molecular formula is C14H22N2OS. The molecule has 1 atom stereocenters. The number of nitrogens with one attached hydrogen (secondary N) is 1. The third-order valence-electron chi connectivity index (χ3n) is 4.04. The largest absolute Gasteiger partial charge is 0.381 e. The highest BCUT2D eigenvalue weighted by Gasteiger charge is 2.20. The van der Waals surface area contributed by atoms with Crippen molar-refractivity contribution in [1.82, 2.24) is 10.3 Å². The lowest BCUT2D eigenvalue weighted by molar-refractivity contribution is 0.0852. The Morgan fingerprint density at radius 3 is 3.00 bits per heavy atom. The van der Waals surface area contributed by atoms with Gasteiger partial charge in [0.2, 0.25) is 0 Å². The molecule has 0 radical (unpaired) electrons. The van der Waals surface area contributed by atoms with E-state index in [1.165, 1.54) is 36.6 Å². The molecule has 3 rings (SSSR count). The molecule has 18 heavy (non-hydrogen) atoms. The Bertz CT molecular complexity index is 368. The van der Waals surface area contributed by atoms with Gasteiger partial charge in [0, 0.05) is 24.5 Å². The second-order valence-corrected chi connectivity index (χ2v) is 6.37. The van der Waals surface area contributed by atoms with Gasteiger partial charge in [-0.05, 0) is 51.1 Å². The fourth-order valence-corrected chi connectivity index (χ4v) is 3.95. The average Bonchev–Trinajstić information content (AvgIpc) is 2.89. The van der Waals surface area contributed by atoms with Crippen molar-refractivity contribution in [1.29, 1.82) is 0 Å². The Morgan fingerprint density at radius 1 is 1.33 bits per heavy atom. The van der Waals surface area contributed by atoms with E-state index in [2.05, 4.69) is 10.7 Å². The standard InChI is InChI=1S/C14H22N2OS/c1-2-11(9-15-5-1)8-13-10-18-14(16-13)12-3-6-17-7-4-12/h10-12,15H,1-9H2. The summed E-state index contributed by atoms with van der Waals surface area (Å²) in [6.07, 6.45) is 6.14. The van der Waals surface area contributed by atoms with E-state index in [9.17, 15) is 0 Å². The first-order chi connectivity index (χ1) is 8.92. The molecule has 3 heterocycles. The third kappa shape index (κ3) is 3.11. The predicted octanol–water partition coefficient (Wildman–Crippen LogP) is 2.58. The van der Waals surface area contributed by atoms with Crippen LogP contribution in [-0.4, -0.2) is 31.3 Å². The van der Waals surface area contributed by atoms with E-state index < -0.39 is 0 Å². The maximum Gasteiger partial charge on any atom is 0.0960 e. The number of ether oxygens (including phenoxy) is 1. The molecule has 0 spiro atoms. The van der Waals surface area contributed by atoms with Gasteiger partial charge in [-0.3, -0.25) is 0 Å². The molecule has 0 aliphatic carbocycles. The summed E-state index contributed by atoms with van der Waals surface area (Å²) in [7, 11) is 0. The van der Waals surface area contributed by atoms with E-state index >= 15 is 0 Å². The number of hydrogen-bond acceptors (Lipinski definition) is 4. The van der Waals surface area contributed by atoms with Crippen LogP contribution in [0.15, 0.2) is 5.38 Å². The summed E-state index contributed by atoms with van der Waals surface area (Å²) in [4.78, 5) is 4.86. The molecule has 1 aromatic rings. The lowest BCUT2D eigenvalue weighted by atomic mass is 9.95. The van der Waals surface area contributed by atoms with Crippen molar-refractivity contribution in [3.63, 3.8) is 0 Å². The molecule has 4 heteroatoms. The SMILES string of the molecule is c1sc(C2CCOCC2)nc1CC1CCCNC1. The highest BCUT2D eigenvalue weighted by atomic mass is 32.1. The van der Waals surface area contributed by atoms with E-state index in [-0.39, 0.29) is 0 Å². The molecule has 3 nitrogen and oxygen atoms in total. The lowest BCUT2D eigenvalue weighted by Crippen LogP contribution is -2.30. The van der Waals surface area contributed by atoms with Gasteiger partial charge in [-0.15, -0.1) is 11.3 Å². The molecule has 2 saturated heterocycles. The summed E-state index contributed by atoms with van der Waals surface area (Å²) in [5, 5.41) is 7.11. The maximum atomic E-state index is 5.42. The summed E-state index contributed by atoms with van der Waals surface area (Å²) < 4.78 is 5.42. The number of aromatic nitrogens is 1. The van der Waals surface area contributed by atoms with Gasteiger partial charge in [0.1, 0.15) is 0 Å². The van der Waals surface area contributed by atoms with E-state index in [1.54, 1.807) is 0 Å². The second-order valence-electron chi connectivity index (χ2n) is 5.48. The highest BCUT2D eigenvalue weighted by Crippen LogP contribution is 2.30. The van der Waals surface area contributed by atoms with Gasteiger partial charge in [0.15, 0.2) is 0 Å². The molecular weight excluding hydrogens is 244 g/mol. The molecule has 1 N–H and O–H groups in total. The summed E-state index contributed by atoms with van der Waals surface area (Å²) in [5.41, 5.74) is 1.31. The van der Waals surface area contributed by atoms with Crippen molar-refractivity contribution in [2.75, 3.05) is 26.3 Å². The highest BCUT2D eigenvalue weighted by molar-refractivity contribution is 7.09. The van der Waals surface area contributed by atoms with Crippen LogP contribution in [0.25, 0.3) is 0 Å². The summed E-state index contributed by atoms with van der Waals surface area (Å²) in [6.45, 7) is 4.18. The van der Waals surface area contributed by atoms with Crippen molar-refractivity contribution in [2.45, 2.75) is 38.0 Å². The first-order valence-corrected chi connectivity index (χ1v) is 8.02. The van der Waals surface area contributed by atoms with Crippen LogP contribution in [0.1, 0.15) is 42.3 Å². The number of thiazole rings is 1. The topological polar surface area (TPSA) is 34.1 Å². The van der Waals surface area contributed by atoms with Crippen molar-refractivity contribution in [3.05, 3.63) is 16.1 Å². The van der Waals surface area contributed by atoms with Crippen molar-refractivity contribution in [2.24, 2.45) is 5.92 Å². The molecule has 0 amide bonds. The van der Waals surface area contributed by atoms with E-state index in [1.807, 2.05) is 11.3 Å². The Kier molecular flexibility index (Phi) is 4.28. The van der Waals surface area contributed by atoms with Crippen molar-refractivity contribution < 1.29 is 4.74 Å². The minimum atomic E-state index is 0.655. The van der Waals surface area contributed by atoms with Crippen LogP contribution in [0.5, 0.6) is 0 Å². The van der Waals surface area contributed by atoms with Crippen molar-refractivity contribution >= 4 is 11.3 Å². The minimum Gasteiger partial charge on any atom is -0.381 e. The fraction of sp³-hybridized carbons (Fsp3) is 0.786. The number of rotatable bonds is 3. The van der Waals surface area contributed by atoms with Crippen molar-refractivity contribution in [3.8, 4) is 0 Å². The van der Waals surface area contributed by atoms with Gasteiger partial charge in [0.25, 0.3) is 0 Å². The van der Waals surface area contributed by atoms with Crippen LogP contribution >= 0.6 is 11.3 Å². The summed E-state index contributed by atoms with van der Waals surface area (Å²) in [5.74, 6) is 1.45. The smallest absolute Gasteiger partial charge is 0.0960 e. The Morgan fingerprint density at radius 2 is 2.22 bits per heavy atom. The molecule has 1 aromatic heterocycles. The molecule has 0 bridgehead atoms. The zero-order valence-electron chi connectivity index (χ0n) is 10.9. The van der Waals surface area contributed by atoms with Gasteiger partial charge in [-0.25, -0.2) is 4.98 Å². The van der Waals surface area contributed by atoms with Crippen LogP contribution in [-0.2, 0) is 11.2 Å².